The molecular formula is C19H13ClN2O6. The number of phenols is 1. The molecule has 0 aliphatic rings. The Morgan fingerprint density at radius 2 is 1.89 bits per heavy atom. The number of hydrogen-bond acceptors (Lipinski definition) is 6. The number of non-ortho nitro benzene ring substituents is 1. The number of esters is 1. The average Bonchev–Trinajstić information content (AvgIpc) is 2.68. The number of carbonyl (C=O) groups is 2. The van der Waals surface area contributed by atoms with Gasteiger partial charge in [-0.05, 0) is 17.5 Å². The van der Waals surface area contributed by atoms with Gasteiger partial charge in [0.05, 0.1) is 15.6 Å². The highest BCUT2D eigenvalue weighted by Crippen LogP contribution is 2.29. The highest BCUT2D eigenvalue weighted by Gasteiger charge is 2.17. The highest BCUT2D eigenvalue weighted by molar-refractivity contribution is 6.34. The molecule has 8 nitrogen and oxygen atoms in total. The molecule has 28 heavy (non-hydrogen) atoms. The minimum absolute atomic E-state index is 0.0268. The molecule has 0 bridgehead atoms. The molecule has 0 fully saturated rings. The number of ether oxygens (including phenoxy) is 1. The Morgan fingerprint density at radius 1 is 1.14 bits per heavy atom. The maximum atomic E-state index is 12.2. The second-order valence-electron chi connectivity index (χ2n) is 5.73. The standard InChI is InChI=1S/C19H13ClN2O6/c20-15-9-12(22(26)27)6-8-16(15)21-17(23)10-28-19(25)14-7-5-11-3-1-2-4-13(11)18(14)24/h1-9,24H,10H2,(H,21,23). The fourth-order valence-corrected chi connectivity index (χ4v) is 2.76. The highest BCUT2D eigenvalue weighted by atomic mass is 35.5. The molecule has 2 N–H and O–H groups in total. The number of fused-ring (bicyclic) bond motifs is 1. The number of nitro benzene ring substituents is 1. The van der Waals surface area contributed by atoms with Gasteiger partial charge in [0, 0.05) is 17.5 Å². The van der Waals surface area contributed by atoms with Crippen LogP contribution in [0.2, 0.25) is 5.02 Å². The van der Waals surface area contributed by atoms with Crippen LogP contribution < -0.4 is 5.32 Å². The summed E-state index contributed by atoms with van der Waals surface area (Å²) >= 11 is 5.89. The predicted molar refractivity (Wildman–Crippen MR) is 103 cm³/mol. The van der Waals surface area contributed by atoms with Crippen molar-refractivity contribution in [2.75, 3.05) is 11.9 Å². The summed E-state index contributed by atoms with van der Waals surface area (Å²) in [6.45, 7) is -0.627. The summed E-state index contributed by atoms with van der Waals surface area (Å²) in [5.74, 6) is -1.79. The van der Waals surface area contributed by atoms with Crippen molar-refractivity contribution in [1.29, 1.82) is 0 Å². The largest absolute Gasteiger partial charge is 0.506 e. The lowest BCUT2D eigenvalue weighted by Gasteiger charge is -2.10. The molecule has 3 rings (SSSR count). The molecular weight excluding hydrogens is 388 g/mol. The van der Waals surface area contributed by atoms with Crippen molar-refractivity contribution in [3.63, 3.8) is 0 Å². The first-order chi connectivity index (χ1) is 13.4. The quantitative estimate of drug-likeness (QED) is 0.381. The number of nitrogens with zero attached hydrogens (tertiary/aromatic N) is 1. The van der Waals surface area contributed by atoms with Crippen molar-refractivity contribution in [3.8, 4) is 5.75 Å². The van der Waals surface area contributed by atoms with Crippen LogP contribution in [0.5, 0.6) is 5.75 Å². The lowest BCUT2D eigenvalue weighted by molar-refractivity contribution is -0.384. The van der Waals surface area contributed by atoms with E-state index in [4.69, 9.17) is 16.3 Å². The Morgan fingerprint density at radius 3 is 2.61 bits per heavy atom. The predicted octanol–water partition coefficient (Wildman–Crippen LogP) is 3.90. The number of rotatable bonds is 5. The number of hydrogen-bond donors (Lipinski definition) is 2. The lowest BCUT2D eigenvalue weighted by Crippen LogP contribution is -2.21. The molecule has 0 spiro atoms. The fraction of sp³-hybridized carbons (Fsp3) is 0.0526. The number of nitro groups is 1. The number of anilines is 1. The monoisotopic (exact) mass is 400 g/mol. The van der Waals surface area contributed by atoms with E-state index in [1.165, 1.54) is 18.2 Å². The molecule has 0 aromatic heterocycles. The third kappa shape index (κ3) is 4.02. The van der Waals surface area contributed by atoms with Crippen molar-refractivity contribution in [2.24, 2.45) is 0 Å². The summed E-state index contributed by atoms with van der Waals surface area (Å²) in [5, 5.41) is 24.5. The molecule has 3 aromatic carbocycles. The number of carbonyl (C=O) groups excluding carboxylic acids is 2. The minimum Gasteiger partial charge on any atom is -0.506 e. The Hall–Kier alpha value is -3.65. The maximum absolute atomic E-state index is 12.2. The topological polar surface area (TPSA) is 119 Å². The number of phenolic OH excluding ortho intramolecular Hbond substituents is 1. The van der Waals surface area contributed by atoms with E-state index in [2.05, 4.69) is 5.32 Å². The normalized spacial score (nSPS) is 10.5. The zero-order chi connectivity index (χ0) is 20.3. The third-order valence-electron chi connectivity index (χ3n) is 3.89. The molecule has 0 saturated carbocycles. The minimum atomic E-state index is -0.867. The Kier molecular flexibility index (Phi) is 5.42. The molecule has 3 aromatic rings. The van der Waals surface area contributed by atoms with Crippen molar-refractivity contribution in [2.45, 2.75) is 0 Å². The van der Waals surface area contributed by atoms with Gasteiger partial charge in [-0.2, -0.15) is 0 Å². The van der Waals surface area contributed by atoms with Crippen LogP contribution in [0.4, 0.5) is 11.4 Å². The summed E-state index contributed by atoms with van der Waals surface area (Å²) in [4.78, 5) is 34.2. The first-order valence-corrected chi connectivity index (χ1v) is 8.36. The molecule has 0 aliphatic heterocycles. The van der Waals surface area contributed by atoms with Crippen LogP contribution >= 0.6 is 11.6 Å². The second kappa shape index (κ2) is 7.93. The zero-order valence-electron chi connectivity index (χ0n) is 14.2. The van der Waals surface area contributed by atoms with Gasteiger partial charge in [-0.25, -0.2) is 4.79 Å². The smallest absolute Gasteiger partial charge is 0.342 e. The molecule has 0 atom stereocenters. The van der Waals surface area contributed by atoms with Crippen LogP contribution in [-0.4, -0.2) is 28.5 Å². The van der Waals surface area contributed by atoms with E-state index in [1.807, 2.05) is 0 Å². The molecule has 142 valence electrons. The third-order valence-corrected chi connectivity index (χ3v) is 4.21. The Labute approximate surface area is 163 Å². The maximum Gasteiger partial charge on any atom is 0.342 e. The van der Waals surface area contributed by atoms with Gasteiger partial charge in [0.1, 0.15) is 11.3 Å². The van der Waals surface area contributed by atoms with Crippen LogP contribution in [0.25, 0.3) is 10.8 Å². The van der Waals surface area contributed by atoms with Gasteiger partial charge in [-0.15, -0.1) is 0 Å². The first-order valence-electron chi connectivity index (χ1n) is 7.98. The fourth-order valence-electron chi connectivity index (χ4n) is 2.53. The van der Waals surface area contributed by atoms with Gasteiger partial charge >= 0.3 is 5.97 Å². The summed E-state index contributed by atoms with van der Waals surface area (Å²) in [6.07, 6.45) is 0. The second-order valence-corrected chi connectivity index (χ2v) is 6.14. The van der Waals surface area contributed by atoms with Crippen molar-refractivity contribution >= 4 is 45.6 Å². The van der Waals surface area contributed by atoms with Crippen molar-refractivity contribution in [1.82, 2.24) is 0 Å². The van der Waals surface area contributed by atoms with Crippen LogP contribution in [0.3, 0.4) is 0 Å². The summed E-state index contributed by atoms with van der Waals surface area (Å²) < 4.78 is 4.93. The molecule has 0 unspecified atom stereocenters. The van der Waals surface area contributed by atoms with Crippen molar-refractivity contribution < 1.29 is 24.4 Å². The van der Waals surface area contributed by atoms with Crippen LogP contribution in [0.1, 0.15) is 10.4 Å². The van der Waals surface area contributed by atoms with E-state index in [0.29, 0.717) is 5.39 Å². The van der Waals surface area contributed by atoms with Gasteiger partial charge in [-0.3, -0.25) is 14.9 Å². The summed E-state index contributed by atoms with van der Waals surface area (Å²) in [6, 6.07) is 13.6. The van der Waals surface area contributed by atoms with E-state index in [-0.39, 0.29) is 27.7 Å². The van der Waals surface area contributed by atoms with Crippen molar-refractivity contribution in [3.05, 3.63) is 75.3 Å². The average molecular weight is 401 g/mol. The van der Waals surface area contributed by atoms with E-state index >= 15 is 0 Å². The molecule has 0 heterocycles. The SMILES string of the molecule is O=C(COC(=O)c1ccc2ccccc2c1O)Nc1ccc([N+](=O)[O-])cc1Cl. The molecule has 1 amide bonds. The number of benzene rings is 3. The molecule has 9 heteroatoms. The van der Waals surface area contributed by atoms with E-state index in [0.717, 1.165) is 11.5 Å². The first kappa shape index (κ1) is 19.1. The van der Waals surface area contributed by atoms with Crippen LogP contribution in [0, 0.1) is 10.1 Å². The number of aromatic hydroxyl groups is 1. The van der Waals surface area contributed by atoms with Crippen LogP contribution in [0.15, 0.2) is 54.6 Å². The number of halogens is 1. The summed E-state index contributed by atoms with van der Waals surface area (Å²) in [5.41, 5.74) is -0.150. The van der Waals surface area contributed by atoms with Gasteiger partial charge in [0.25, 0.3) is 11.6 Å². The van der Waals surface area contributed by atoms with Crippen LogP contribution in [-0.2, 0) is 9.53 Å². The summed E-state index contributed by atoms with van der Waals surface area (Å²) in [7, 11) is 0. The Bertz CT molecular complexity index is 1100. The lowest BCUT2D eigenvalue weighted by atomic mass is 10.1. The van der Waals surface area contributed by atoms with Gasteiger partial charge in [0.15, 0.2) is 6.61 Å². The zero-order valence-corrected chi connectivity index (χ0v) is 15.0. The molecule has 0 radical (unpaired) electrons. The van der Waals surface area contributed by atoms with Gasteiger partial charge < -0.3 is 15.2 Å². The van der Waals surface area contributed by atoms with E-state index < -0.39 is 23.4 Å². The van der Waals surface area contributed by atoms with E-state index in [1.54, 1.807) is 30.3 Å². The number of amides is 1. The number of nitrogens with one attached hydrogen (secondary N) is 1. The van der Waals surface area contributed by atoms with Gasteiger partial charge in [0.2, 0.25) is 0 Å². The Balaban J connectivity index is 1.66. The molecule has 0 aliphatic carbocycles. The molecule has 0 saturated heterocycles. The van der Waals surface area contributed by atoms with E-state index in [9.17, 15) is 24.8 Å². The van der Waals surface area contributed by atoms with Gasteiger partial charge in [-0.1, -0.05) is 41.9 Å².